The van der Waals surface area contributed by atoms with Crippen molar-refractivity contribution in [3.8, 4) is 11.3 Å². The number of hydrogen-bond donors (Lipinski definition) is 1. The van der Waals surface area contributed by atoms with E-state index in [-0.39, 0.29) is 18.1 Å². The Morgan fingerprint density at radius 1 is 1.17 bits per heavy atom. The number of rotatable bonds is 6. The lowest BCUT2D eigenvalue weighted by atomic mass is 10.2. The van der Waals surface area contributed by atoms with Gasteiger partial charge in [-0.25, -0.2) is 13.4 Å². The number of nitrogens with zero attached hydrogens (tertiary/aromatic N) is 2. The van der Waals surface area contributed by atoms with E-state index >= 15 is 0 Å². The molecule has 3 aromatic rings. The molecule has 2 aromatic carbocycles. The Morgan fingerprint density at radius 2 is 1.93 bits per heavy atom. The summed E-state index contributed by atoms with van der Waals surface area (Å²) in [6.45, 7) is 0.486. The lowest BCUT2D eigenvalue weighted by Crippen LogP contribution is -2.25. The van der Waals surface area contributed by atoms with Crippen LogP contribution in [0.15, 0.2) is 59.1 Å². The summed E-state index contributed by atoms with van der Waals surface area (Å²) in [7, 11) is -3.22. The summed E-state index contributed by atoms with van der Waals surface area (Å²) in [6.07, 6.45) is 2.77. The van der Waals surface area contributed by atoms with Crippen LogP contribution in [0.25, 0.3) is 11.3 Å². The molecule has 156 valence electrons. The predicted octanol–water partition coefficient (Wildman–Crippen LogP) is 4.11. The minimum absolute atomic E-state index is 0.171. The maximum Gasteiger partial charge on any atom is 0.235 e. The van der Waals surface area contributed by atoms with Crippen LogP contribution in [-0.2, 0) is 21.2 Å². The zero-order valence-electron chi connectivity index (χ0n) is 16.0. The second-order valence-corrected chi connectivity index (χ2v) is 9.35. The van der Waals surface area contributed by atoms with Gasteiger partial charge in [0.25, 0.3) is 0 Å². The average molecular weight is 446 g/mol. The number of hydrogen-bond acceptors (Lipinski definition) is 5. The van der Waals surface area contributed by atoms with E-state index in [0.717, 1.165) is 5.56 Å². The molecule has 0 aliphatic carbocycles. The molecule has 1 aliphatic heterocycles. The molecule has 9 heteroatoms. The number of anilines is 2. The molecule has 1 N–H and O–H groups in total. The van der Waals surface area contributed by atoms with Crippen molar-refractivity contribution in [3.05, 3.63) is 65.6 Å². The molecule has 0 bridgehead atoms. The molecule has 0 radical (unpaired) electrons. The van der Waals surface area contributed by atoms with E-state index in [2.05, 4.69) is 10.3 Å². The van der Waals surface area contributed by atoms with Crippen LogP contribution in [0.3, 0.4) is 0 Å². The first-order chi connectivity index (χ1) is 14.4. The van der Waals surface area contributed by atoms with Crippen LogP contribution in [-0.4, -0.2) is 31.6 Å². The number of oxazole rings is 1. The summed E-state index contributed by atoms with van der Waals surface area (Å²) in [4.78, 5) is 16.5. The van der Waals surface area contributed by atoms with Gasteiger partial charge in [-0.1, -0.05) is 23.7 Å². The van der Waals surface area contributed by atoms with Crippen LogP contribution in [0.5, 0.6) is 0 Å². The third kappa shape index (κ3) is 4.49. The quantitative estimate of drug-likeness (QED) is 0.616. The van der Waals surface area contributed by atoms with Gasteiger partial charge in [0, 0.05) is 30.6 Å². The van der Waals surface area contributed by atoms with Crippen LogP contribution < -0.4 is 9.62 Å². The van der Waals surface area contributed by atoms with E-state index in [1.54, 1.807) is 36.5 Å². The lowest BCUT2D eigenvalue weighted by molar-refractivity contribution is -0.116. The first-order valence-corrected chi connectivity index (χ1v) is 11.5. The van der Waals surface area contributed by atoms with E-state index in [1.807, 2.05) is 18.2 Å². The summed E-state index contributed by atoms with van der Waals surface area (Å²) < 4.78 is 31.1. The third-order valence-electron chi connectivity index (χ3n) is 4.80. The minimum atomic E-state index is -3.22. The standard InChI is InChI=1S/C21H20ClN3O4S/c22-18-5-2-1-4-17(18)19-14-23-21(29-19)11-10-20(26)24-15-6-8-16(9-7-15)25-12-3-13-30(25,27)28/h1-2,4-9,14H,3,10-13H2,(H,24,26). The highest BCUT2D eigenvalue weighted by molar-refractivity contribution is 7.93. The fourth-order valence-electron chi connectivity index (χ4n) is 3.30. The minimum Gasteiger partial charge on any atom is -0.441 e. The van der Waals surface area contributed by atoms with Crippen LogP contribution in [0.4, 0.5) is 11.4 Å². The molecule has 1 fully saturated rings. The van der Waals surface area contributed by atoms with E-state index in [9.17, 15) is 13.2 Å². The maximum absolute atomic E-state index is 12.3. The van der Waals surface area contributed by atoms with Crippen molar-refractivity contribution in [1.82, 2.24) is 4.98 Å². The van der Waals surface area contributed by atoms with Gasteiger partial charge in [0.15, 0.2) is 11.7 Å². The number of carbonyl (C=O) groups is 1. The van der Waals surface area contributed by atoms with E-state index < -0.39 is 10.0 Å². The monoisotopic (exact) mass is 445 g/mol. The Bertz CT molecular complexity index is 1160. The molecule has 0 atom stereocenters. The molecule has 0 unspecified atom stereocenters. The second kappa shape index (κ2) is 8.49. The molecule has 4 rings (SSSR count). The molecule has 2 heterocycles. The molecule has 7 nitrogen and oxygen atoms in total. The molecular formula is C21H20ClN3O4S. The Kier molecular flexibility index (Phi) is 5.78. The van der Waals surface area contributed by atoms with Crippen molar-refractivity contribution < 1.29 is 17.6 Å². The zero-order valence-corrected chi connectivity index (χ0v) is 17.6. The maximum atomic E-state index is 12.3. The van der Waals surface area contributed by atoms with Crippen molar-refractivity contribution in [2.24, 2.45) is 0 Å². The summed E-state index contributed by atoms with van der Waals surface area (Å²) in [5.41, 5.74) is 1.96. The molecular weight excluding hydrogens is 426 g/mol. The van der Waals surface area contributed by atoms with Gasteiger partial charge < -0.3 is 9.73 Å². The fourth-order valence-corrected chi connectivity index (χ4v) is 5.09. The van der Waals surface area contributed by atoms with Gasteiger partial charge in [0.05, 0.1) is 22.7 Å². The van der Waals surface area contributed by atoms with Gasteiger partial charge in [0.1, 0.15) is 0 Å². The molecule has 0 spiro atoms. The van der Waals surface area contributed by atoms with Crippen LogP contribution in [0.2, 0.25) is 5.02 Å². The predicted molar refractivity (Wildman–Crippen MR) is 116 cm³/mol. The highest BCUT2D eigenvalue weighted by Crippen LogP contribution is 2.28. The van der Waals surface area contributed by atoms with Crippen molar-refractivity contribution in [3.63, 3.8) is 0 Å². The van der Waals surface area contributed by atoms with Crippen molar-refractivity contribution in [1.29, 1.82) is 0 Å². The number of benzene rings is 2. The van der Waals surface area contributed by atoms with Crippen LogP contribution in [0, 0.1) is 0 Å². The van der Waals surface area contributed by atoms with Crippen molar-refractivity contribution >= 4 is 38.9 Å². The summed E-state index contributed by atoms with van der Waals surface area (Å²) in [6, 6.07) is 14.1. The van der Waals surface area contributed by atoms with E-state index in [1.165, 1.54) is 4.31 Å². The number of halogens is 1. The van der Waals surface area contributed by atoms with Crippen molar-refractivity contribution in [2.45, 2.75) is 19.3 Å². The fraction of sp³-hybridized carbons (Fsp3) is 0.238. The summed E-state index contributed by atoms with van der Waals surface area (Å²) in [5, 5.41) is 3.37. The van der Waals surface area contributed by atoms with Gasteiger partial charge in [-0.15, -0.1) is 0 Å². The number of aromatic nitrogens is 1. The normalized spacial score (nSPS) is 15.3. The average Bonchev–Trinajstić information content (AvgIpc) is 3.33. The van der Waals surface area contributed by atoms with Gasteiger partial charge >= 0.3 is 0 Å². The third-order valence-corrected chi connectivity index (χ3v) is 7.00. The topological polar surface area (TPSA) is 92.5 Å². The first-order valence-electron chi connectivity index (χ1n) is 9.52. The Balaban J connectivity index is 1.33. The van der Waals surface area contributed by atoms with Gasteiger partial charge in [-0.05, 0) is 42.8 Å². The van der Waals surface area contributed by atoms with Gasteiger partial charge in [-0.3, -0.25) is 9.10 Å². The second-order valence-electron chi connectivity index (χ2n) is 6.93. The van der Waals surface area contributed by atoms with Crippen LogP contribution in [0.1, 0.15) is 18.7 Å². The van der Waals surface area contributed by atoms with Gasteiger partial charge in [-0.2, -0.15) is 0 Å². The van der Waals surface area contributed by atoms with Crippen LogP contribution >= 0.6 is 11.6 Å². The molecule has 1 aliphatic rings. The number of sulfonamides is 1. The Hall–Kier alpha value is -2.84. The molecule has 1 amide bonds. The number of amides is 1. The molecule has 1 aromatic heterocycles. The lowest BCUT2D eigenvalue weighted by Gasteiger charge is -2.17. The van der Waals surface area contributed by atoms with Crippen molar-refractivity contribution in [2.75, 3.05) is 21.9 Å². The smallest absolute Gasteiger partial charge is 0.235 e. The largest absolute Gasteiger partial charge is 0.441 e. The van der Waals surface area contributed by atoms with Gasteiger partial charge in [0.2, 0.25) is 15.9 Å². The zero-order chi connectivity index (χ0) is 21.1. The first kappa shape index (κ1) is 20.4. The molecule has 0 saturated carbocycles. The highest BCUT2D eigenvalue weighted by atomic mass is 35.5. The Labute approximate surface area is 179 Å². The van der Waals surface area contributed by atoms with E-state index in [0.29, 0.717) is 47.4 Å². The SMILES string of the molecule is O=C(CCc1ncc(-c2ccccc2Cl)o1)Nc1ccc(N2CCCS2(=O)=O)cc1. The molecule has 1 saturated heterocycles. The summed E-state index contributed by atoms with van der Waals surface area (Å²) >= 11 is 6.17. The number of carbonyl (C=O) groups excluding carboxylic acids is 1. The summed E-state index contributed by atoms with van der Waals surface area (Å²) in [5.74, 6) is 0.997. The van der Waals surface area contributed by atoms with E-state index in [4.69, 9.17) is 16.0 Å². The number of nitrogens with one attached hydrogen (secondary N) is 1. The molecule has 30 heavy (non-hydrogen) atoms. The number of aryl methyl sites for hydroxylation is 1. The Morgan fingerprint density at radius 3 is 2.63 bits per heavy atom. The highest BCUT2D eigenvalue weighted by Gasteiger charge is 2.28.